The molecule has 16 heavy (non-hydrogen) atoms. The van der Waals surface area contributed by atoms with Crippen molar-refractivity contribution in [3.8, 4) is 0 Å². The molecular formula is C11H13ClN2O2. The molecule has 5 heteroatoms. The van der Waals surface area contributed by atoms with E-state index >= 15 is 0 Å². The van der Waals surface area contributed by atoms with Gasteiger partial charge in [-0.1, -0.05) is 11.6 Å². The Morgan fingerprint density at radius 1 is 1.38 bits per heavy atom. The predicted molar refractivity (Wildman–Crippen MR) is 63.0 cm³/mol. The van der Waals surface area contributed by atoms with Crippen LogP contribution in [0.15, 0.2) is 12.1 Å². The first-order valence-corrected chi connectivity index (χ1v) is 5.60. The second-order valence-corrected chi connectivity index (χ2v) is 4.53. The molecule has 0 unspecified atom stereocenters. The zero-order chi connectivity index (χ0) is 11.7. The molecule has 4 nitrogen and oxygen atoms in total. The molecule has 0 saturated carbocycles. The topological polar surface area (TPSA) is 46.4 Å². The number of benzene rings is 1. The van der Waals surface area contributed by atoms with Crippen molar-refractivity contribution in [2.45, 2.75) is 12.8 Å². The van der Waals surface area contributed by atoms with Gasteiger partial charge in [-0.05, 0) is 31.0 Å². The van der Waals surface area contributed by atoms with E-state index in [1.165, 1.54) is 6.07 Å². The maximum absolute atomic E-state index is 10.7. The zero-order valence-corrected chi connectivity index (χ0v) is 9.83. The summed E-state index contributed by atoms with van der Waals surface area (Å²) < 4.78 is 0. The minimum Gasteiger partial charge on any atom is -0.306 e. The maximum Gasteiger partial charge on any atom is 0.271 e. The van der Waals surface area contributed by atoms with Gasteiger partial charge >= 0.3 is 0 Å². The number of fused-ring (bicyclic) bond motifs is 1. The number of hydrogen-bond acceptors (Lipinski definition) is 3. The van der Waals surface area contributed by atoms with E-state index in [0.717, 1.165) is 37.1 Å². The van der Waals surface area contributed by atoms with Crippen LogP contribution in [0, 0.1) is 10.1 Å². The molecule has 0 aromatic heterocycles. The van der Waals surface area contributed by atoms with E-state index in [-0.39, 0.29) is 10.6 Å². The largest absolute Gasteiger partial charge is 0.306 e. The Balaban J connectivity index is 2.43. The SMILES string of the molecule is CN1CCc2cc([N+](=O)[O-])cc(Cl)c2CC1. The molecule has 0 aliphatic carbocycles. The van der Waals surface area contributed by atoms with Gasteiger partial charge in [0.05, 0.1) is 9.95 Å². The summed E-state index contributed by atoms with van der Waals surface area (Å²) in [6.07, 6.45) is 1.69. The van der Waals surface area contributed by atoms with Crippen LogP contribution in [0.1, 0.15) is 11.1 Å². The molecule has 1 aromatic rings. The lowest BCUT2D eigenvalue weighted by Crippen LogP contribution is -2.20. The van der Waals surface area contributed by atoms with Crippen LogP contribution < -0.4 is 0 Å². The van der Waals surface area contributed by atoms with Crippen LogP contribution in [0.4, 0.5) is 5.69 Å². The Morgan fingerprint density at radius 3 is 2.75 bits per heavy atom. The van der Waals surface area contributed by atoms with Crippen molar-refractivity contribution >= 4 is 17.3 Å². The molecule has 0 N–H and O–H groups in total. The highest BCUT2D eigenvalue weighted by molar-refractivity contribution is 6.31. The number of nitro benzene ring substituents is 1. The number of halogens is 1. The average molecular weight is 241 g/mol. The van der Waals surface area contributed by atoms with Gasteiger partial charge < -0.3 is 4.90 Å². The minimum atomic E-state index is -0.388. The van der Waals surface area contributed by atoms with Crippen LogP contribution in [0.2, 0.25) is 5.02 Å². The summed E-state index contributed by atoms with van der Waals surface area (Å²) in [6.45, 7) is 1.87. The molecule has 0 saturated heterocycles. The second kappa shape index (κ2) is 4.39. The minimum absolute atomic E-state index is 0.0910. The van der Waals surface area contributed by atoms with Gasteiger partial charge in [0.1, 0.15) is 0 Å². The third-order valence-electron chi connectivity index (χ3n) is 2.99. The Labute approximate surface area is 99.0 Å². The van der Waals surface area contributed by atoms with Gasteiger partial charge in [-0.2, -0.15) is 0 Å². The van der Waals surface area contributed by atoms with E-state index in [0.29, 0.717) is 5.02 Å². The summed E-state index contributed by atoms with van der Waals surface area (Å²) in [7, 11) is 2.05. The van der Waals surface area contributed by atoms with Crippen LogP contribution in [0.3, 0.4) is 0 Å². The molecule has 0 fully saturated rings. The molecule has 0 spiro atoms. The van der Waals surface area contributed by atoms with E-state index in [4.69, 9.17) is 11.6 Å². The molecular weight excluding hydrogens is 228 g/mol. The van der Waals surface area contributed by atoms with Crippen molar-refractivity contribution in [1.29, 1.82) is 0 Å². The number of likely N-dealkylation sites (N-methyl/N-ethyl adjacent to an activating group) is 1. The Hall–Kier alpha value is -1.13. The van der Waals surface area contributed by atoms with Crippen molar-refractivity contribution in [2.24, 2.45) is 0 Å². The first-order valence-electron chi connectivity index (χ1n) is 5.22. The molecule has 1 aliphatic heterocycles. The molecule has 0 bridgehead atoms. The average Bonchev–Trinajstić information content (AvgIpc) is 2.41. The fourth-order valence-electron chi connectivity index (χ4n) is 2.01. The fourth-order valence-corrected chi connectivity index (χ4v) is 2.34. The van der Waals surface area contributed by atoms with Crippen molar-refractivity contribution in [3.63, 3.8) is 0 Å². The summed E-state index contributed by atoms with van der Waals surface area (Å²) in [5, 5.41) is 11.3. The first kappa shape index (κ1) is 11.4. The lowest BCUT2D eigenvalue weighted by atomic mass is 10.0. The molecule has 2 rings (SSSR count). The van der Waals surface area contributed by atoms with E-state index in [9.17, 15) is 10.1 Å². The highest BCUT2D eigenvalue weighted by Gasteiger charge is 2.18. The van der Waals surface area contributed by atoms with Gasteiger partial charge in [-0.15, -0.1) is 0 Å². The van der Waals surface area contributed by atoms with E-state index in [1.807, 2.05) is 7.05 Å². The van der Waals surface area contributed by atoms with Crippen LogP contribution >= 0.6 is 11.6 Å². The number of nitrogens with zero attached hydrogens (tertiary/aromatic N) is 2. The molecule has 0 radical (unpaired) electrons. The molecule has 1 heterocycles. The van der Waals surface area contributed by atoms with Gasteiger partial charge in [0.2, 0.25) is 0 Å². The van der Waals surface area contributed by atoms with Crippen molar-refractivity contribution in [2.75, 3.05) is 20.1 Å². The number of nitro groups is 1. The van der Waals surface area contributed by atoms with Gasteiger partial charge in [-0.3, -0.25) is 10.1 Å². The smallest absolute Gasteiger partial charge is 0.271 e. The van der Waals surface area contributed by atoms with Crippen molar-refractivity contribution in [1.82, 2.24) is 4.90 Å². The molecule has 0 amide bonds. The summed E-state index contributed by atoms with van der Waals surface area (Å²) >= 11 is 6.09. The molecule has 86 valence electrons. The van der Waals surface area contributed by atoms with Gasteiger partial charge in [0.15, 0.2) is 0 Å². The summed E-state index contributed by atoms with van der Waals surface area (Å²) in [6, 6.07) is 3.10. The Bertz CT molecular complexity index is 434. The summed E-state index contributed by atoms with van der Waals surface area (Å²) in [5.74, 6) is 0. The standard InChI is InChI=1S/C11H13ClN2O2/c1-13-4-2-8-6-9(14(15)16)7-11(12)10(8)3-5-13/h6-7H,2-5H2,1H3. The molecule has 1 aromatic carbocycles. The first-order chi connectivity index (χ1) is 7.58. The number of non-ortho nitro benzene ring substituents is 1. The predicted octanol–water partition coefficient (Wildman–Crippen LogP) is 2.28. The molecule has 1 aliphatic rings. The lowest BCUT2D eigenvalue weighted by Gasteiger charge is -2.10. The highest BCUT2D eigenvalue weighted by Crippen LogP contribution is 2.29. The van der Waals surface area contributed by atoms with Crippen LogP contribution in [-0.4, -0.2) is 30.0 Å². The quantitative estimate of drug-likeness (QED) is 0.559. The lowest BCUT2D eigenvalue weighted by molar-refractivity contribution is -0.384. The van der Waals surface area contributed by atoms with Crippen LogP contribution in [-0.2, 0) is 12.8 Å². The monoisotopic (exact) mass is 240 g/mol. The van der Waals surface area contributed by atoms with E-state index < -0.39 is 0 Å². The van der Waals surface area contributed by atoms with Gasteiger partial charge in [0.25, 0.3) is 5.69 Å². The number of rotatable bonds is 1. The third kappa shape index (κ3) is 2.18. The fraction of sp³-hybridized carbons (Fsp3) is 0.455. The van der Waals surface area contributed by atoms with Crippen LogP contribution in [0.5, 0.6) is 0 Å². The van der Waals surface area contributed by atoms with Gasteiger partial charge in [-0.25, -0.2) is 0 Å². The maximum atomic E-state index is 10.7. The van der Waals surface area contributed by atoms with Crippen LogP contribution in [0.25, 0.3) is 0 Å². The highest BCUT2D eigenvalue weighted by atomic mass is 35.5. The van der Waals surface area contributed by atoms with E-state index in [1.54, 1.807) is 6.07 Å². The second-order valence-electron chi connectivity index (χ2n) is 4.13. The zero-order valence-electron chi connectivity index (χ0n) is 9.07. The Kier molecular flexibility index (Phi) is 3.12. The van der Waals surface area contributed by atoms with E-state index in [2.05, 4.69) is 4.90 Å². The normalized spacial score (nSPS) is 16.6. The molecule has 0 atom stereocenters. The summed E-state index contributed by atoms with van der Waals surface area (Å²) in [4.78, 5) is 12.5. The third-order valence-corrected chi connectivity index (χ3v) is 3.33. The number of hydrogen-bond donors (Lipinski definition) is 0. The van der Waals surface area contributed by atoms with Crippen molar-refractivity contribution in [3.05, 3.63) is 38.4 Å². The van der Waals surface area contributed by atoms with Crippen molar-refractivity contribution < 1.29 is 4.92 Å². The Morgan fingerprint density at radius 2 is 2.06 bits per heavy atom. The van der Waals surface area contributed by atoms with Gasteiger partial charge in [0, 0.05) is 25.2 Å². The summed E-state index contributed by atoms with van der Waals surface area (Å²) in [5.41, 5.74) is 2.17.